The Morgan fingerprint density at radius 2 is 1.81 bits per heavy atom. The van der Waals surface area contributed by atoms with E-state index in [1.165, 1.54) is 0 Å². The maximum absolute atomic E-state index is 12.6. The van der Waals surface area contributed by atoms with Crippen molar-refractivity contribution in [1.29, 1.82) is 0 Å². The molecule has 5 rings (SSSR count). The van der Waals surface area contributed by atoms with Crippen molar-refractivity contribution in [3.63, 3.8) is 0 Å². The fraction of sp³-hybridized carbons (Fsp3) is 0.276. The Bertz CT molecular complexity index is 1590. The third-order valence-corrected chi connectivity index (χ3v) is 6.24. The first-order valence-corrected chi connectivity index (χ1v) is 12.4. The summed E-state index contributed by atoms with van der Waals surface area (Å²) in [6.45, 7) is 9.22. The van der Waals surface area contributed by atoms with Gasteiger partial charge in [0.2, 0.25) is 0 Å². The van der Waals surface area contributed by atoms with Gasteiger partial charge in [-0.3, -0.25) is 4.79 Å². The lowest BCUT2D eigenvalue weighted by atomic mass is 10.1. The first kappa shape index (κ1) is 24.5. The van der Waals surface area contributed by atoms with Crippen molar-refractivity contribution in [2.45, 2.75) is 46.3 Å². The van der Waals surface area contributed by atoms with Crippen molar-refractivity contribution in [1.82, 2.24) is 24.4 Å². The average molecular weight is 497 g/mol. The second-order valence-corrected chi connectivity index (χ2v) is 10.4. The summed E-state index contributed by atoms with van der Waals surface area (Å²) < 4.78 is 4.17. The van der Waals surface area contributed by atoms with E-state index in [2.05, 4.69) is 56.5 Å². The number of anilines is 2. The van der Waals surface area contributed by atoms with E-state index in [0.717, 1.165) is 38.8 Å². The molecule has 2 aromatic carbocycles. The molecule has 8 nitrogen and oxygen atoms in total. The summed E-state index contributed by atoms with van der Waals surface area (Å²) in [6, 6.07) is 16.0. The van der Waals surface area contributed by atoms with Crippen molar-refractivity contribution in [3.05, 3.63) is 83.9 Å². The van der Waals surface area contributed by atoms with Gasteiger partial charge in [0.1, 0.15) is 11.8 Å². The molecule has 0 atom stereocenters. The van der Waals surface area contributed by atoms with Gasteiger partial charge in [-0.2, -0.15) is 0 Å². The number of amides is 1. The third-order valence-electron chi connectivity index (χ3n) is 6.24. The smallest absolute Gasteiger partial charge is 0.251 e. The molecule has 3 heterocycles. The van der Waals surface area contributed by atoms with Crippen LogP contribution in [0.25, 0.3) is 21.9 Å². The highest BCUT2D eigenvalue weighted by Crippen LogP contribution is 2.29. The highest BCUT2D eigenvalue weighted by molar-refractivity contribution is 5.95. The van der Waals surface area contributed by atoms with Crippen molar-refractivity contribution < 1.29 is 9.90 Å². The number of hydrogen-bond donors (Lipinski definition) is 3. The number of aliphatic hydroxyl groups is 1. The Morgan fingerprint density at radius 3 is 2.59 bits per heavy atom. The lowest BCUT2D eigenvalue weighted by Gasteiger charge is -2.20. The Balaban J connectivity index is 1.42. The minimum Gasteiger partial charge on any atom is -0.395 e. The van der Waals surface area contributed by atoms with Gasteiger partial charge < -0.3 is 24.9 Å². The predicted octanol–water partition coefficient (Wildman–Crippen LogP) is 5.01. The normalized spacial score (nSPS) is 11.8. The Labute approximate surface area is 216 Å². The fourth-order valence-electron chi connectivity index (χ4n) is 4.75. The zero-order valence-electron chi connectivity index (χ0n) is 21.6. The molecular weight excluding hydrogens is 464 g/mol. The number of rotatable bonds is 7. The van der Waals surface area contributed by atoms with Crippen molar-refractivity contribution in [2.24, 2.45) is 0 Å². The quantitative estimate of drug-likeness (QED) is 0.294. The Morgan fingerprint density at radius 1 is 1.00 bits per heavy atom. The zero-order valence-corrected chi connectivity index (χ0v) is 21.6. The SMILES string of the molecule is Cc1cc(Nc2ncnc3ccn(CCO)c23)cc2ccn(Cc3cccc(C(=O)NC(C)(C)C)c3)c12. The number of fused-ring (bicyclic) bond motifs is 2. The predicted molar refractivity (Wildman–Crippen MR) is 147 cm³/mol. The molecule has 3 N–H and O–H groups in total. The summed E-state index contributed by atoms with van der Waals surface area (Å²) in [4.78, 5) is 21.5. The van der Waals surface area contributed by atoms with E-state index in [4.69, 9.17) is 0 Å². The summed E-state index contributed by atoms with van der Waals surface area (Å²) in [5.41, 5.74) is 6.33. The molecule has 0 aliphatic carbocycles. The van der Waals surface area contributed by atoms with Gasteiger partial charge in [0.05, 0.1) is 17.6 Å². The van der Waals surface area contributed by atoms with Crippen LogP contribution in [0.5, 0.6) is 0 Å². The maximum Gasteiger partial charge on any atom is 0.251 e. The van der Waals surface area contributed by atoms with Crippen LogP contribution in [0.1, 0.15) is 42.3 Å². The number of carbonyl (C=O) groups is 1. The van der Waals surface area contributed by atoms with Crippen molar-refractivity contribution in [3.8, 4) is 0 Å². The summed E-state index contributed by atoms with van der Waals surface area (Å²) >= 11 is 0. The largest absolute Gasteiger partial charge is 0.395 e. The first-order valence-electron chi connectivity index (χ1n) is 12.4. The molecule has 0 bridgehead atoms. The number of aryl methyl sites for hydroxylation is 1. The number of aliphatic hydroxyl groups excluding tert-OH is 1. The molecule has 8 heteroatoms. The number of benzene rings is 2. The summed E-state index contributed by atoms with van der Waals surface area (Å²) in [6.07, 6.45) is 5.54. The molecule has 0 saturated heterocycles. The van der Waals surface area contributed by atoms with Gasteiger partial charge in [-0.25, -0.2) is 9.97 Å². The number of aromatic nitrogens is 4. The topological polar surface area (TPSA) is 97.0 Å². The number of carbonyl (C=O) groups excluding carboxylic acids is 1. The van der Waals surface area contributed by atoms with Crippen LogP contribution in [0.3, 0.4) is 0 Å². The van der Waals surface area contributed by atoms with Gasteiger partial charge in [-0.15, -0.1) is 0 Å². The van der Waals surface area contributed by atoms with Gasteiger partial charge >= 0.3 is 0 Å². The van der Waals surface area contributed by atoms with E-state index in [9.17, 15) is 9.90 Å². The zero-order chi connectivity index (χ0) is 26.2. The van der Waals surface area contributed by atoms with Crippen LogP contribution in [0.15, 0.2) is 67.3 Å². The summed E-state index contributed by atoms with van der Waals surface area (Å²) in [5.74, 6) is 0.634. The van der Waals surface area contributed by atoms with E-state index in [-0.39, 0.29) is 18.1 Å². The van der Waals surface area contributed by atoms with E-state index in [1.807, 2.05) is 61.9 Å². The Hall–Kier alpha value is -4.17. The lowest BCUT2D eigenvalue weighted by Crippen LogP contribution is -2.40. The molecular formula is C29H32N6O2. The molecule has 0 unspecified atom stereocenters. The second kappa shape index (κ2) is 9.71. The minimum absolute atomic E-state index is 0.0425. The monoisotopic (exact) mass is 496 g/mol. The molecule has 0 aliphatic rings. The minimum atomic E-state index is -0.286. The molecule has 0 fully saturated rings. The average Bonchev–Trinajstić information content (AvgIpc) is 3.43. The van der Waals surface area contributed by atoms with Crippen molar-refractivity contribution >= 4 is 39.3 Å². The lowest BCUT2D eigenvalue weighted by molar-refractivity contribution is 0.0919. The van der Waals surface area contributed by atoms with Crippen LogP contribution < -0.4 is 10.6 Å². The molecule has 0 radical (unpaired) electrons. The summed E-state index contributed by atoms with van der Waals surface area (Å²) in [7, 11) is 0. The molecule has 0 aliphatic heterocycles. The van der Waals surface area contributed by atoms with Crippen LogP contribution in [0.4, 0.5) is 11.5 Å². The Kier molecular flexibility index (Phi) is 6.43. The van der Waals surface area contributed by atoms with E-state index in [0.29, 0.717) is 24.5 Å². The van der Waals surface area contributed by atoms with E-state index in [1.54, 1.807) is 6.33 Å². The number of hydrogen-bond acceptors (Lipinski definition) is 5. The first-order chi connectivity index (χ1) is 17.7. The molecule has 1 amide bonds. The van der Waals surface area contributed by atoms with Crippen LogP contribution >= 0.6 is 0 Å². The maximum atomic E-state index is 12.6. The number of nitrogens with zero attached hydrogens (tertiary/aromatic N) is 4. The third kappa shape index (κ3) is 5.20. The molecule has 3 aromatic heterocycles. The second-order valence-electron chi connectivity index (χ2n) is 10.4. The van der Waals surface area contributed by atoms with Gasteiger partial charge in [0, 0.05) is 47.7 Å². The number of nitrogens with one attached hydrogen (secondary N) is 2. The van der Waals surface area contributed by atoms with E-state index < -0.39 is 0 Å². The molecule has 5 aromatic rings. The van der Waals surface area contributed by atoms with Gasteiger partial charge in [0.25, 0.3) is 5.91 Å². The summed E-state index contributed by atoms with van der Waals surface area (Å²) in [5, 5.41) is 17.0. The van der Waals surface area contributed by atoms with Gasteiger partial charge in [-0.1, -0.05) is 12.1 Å². The fourth-order valence-corrected chi connectivity index (χ4v) is 4.75. The van der Waals surface area contributed by atoms with Crippen LogP contribution in [0, 0.1) is 6.92 Å². The van der Waals surface area contributed by atoms with Gasteiger partial charge in [-0.05, 0) is 75.2 Å². The molecule has 190 valence electrons. The molecule has 0 spiro atoms. The van der Waals surface area contributed by atoms with Crippen molar-refractivity contribution in [2.75, 3.05) is 11.9 Å². The standard InChI is InChI=1S/C29H32N6O2/c1-19-14-23(32-27-26-24(30-18-31-27)9-11-34(26)12-13-36)16-21-8-10-35(25(19)21)17-20-6-5-7-22(15-20)28(37)33-29(2,3)4/h5-11,14-16,18,36H,12-13,17H2,1-4H3,(H,33,37)(H,30,31,32). The van der Waals surface area contributed by atoms with Crippen LogP contribution in [0.2, 0.25) is 0 Å². The van der Waals surface area contributed by atoms with Gasteiger partial charge in [0.15, 0.2) is 5.82 Å². The van der Waals surface area contributed by atoms with Crippen LogP contribution in [-0.4, -0.2) is 42.3 Å². The van der Waals surface area contributed by atoms with E-state index >= 15 is 0 Å². The molecule has 0 saturated carbocycles. The highest BCUT2D eigenvalue weighted by atomic mass is 16.3. The molecule has 37 heavy (non-hydrogen) atoms. The van der Waals surface area contributed by atoms with Crippen LogP contribution in [-0.2, 0) is 13.1 Å². The highest BCUT2D eigenvalue weighted by Gasteiger charge is 2.16.